The lowest BCUT2D eigenvalue weighted by Crippen LogP contribution is -2.38. The molecule has 0 bridgehead atoms. The Morgan fingerprint density at radius 2 is 1.96 bits per heavy atom. The Hall–Kier alpha value is -2.48. The topological polar surface area (TPSA) is 75.6 Å². The lowest BCUT2D eigenvalue weighted by Gasteiger charge is -2.32. The summed E-state index contributed by atoms with van der Waals surface area (Å²) in [6, 6.07) is 4.07. The first-order valence-corrected chi connectivity index (χ1v) is 9.37. The molecule has 5 heterocycles. The third-order valence-corrected chi connectivity index (χ3v) is 5.43. The molecule has 0 spiro atoms. The highest BCUT2D eigenvalue weighted by molar-refractivity contribution is 5.47. The highest BCUT2D eigenvalue weighted by Crippen LogP contribution is 2.28. The first-order valence-electron chi connectivity index (χ1n) is 9.37. The number of anilines is 1. The highest BCUT2D eigenvalue weighted by atomic mass is 16.4. The Kier molecular flexibility index (Phi) is 3.85. The van der Waals surface area contributed by atoms with Gasteiger partial charge in [-0.15, -0.1) is 15.3 Å². The summed E-state index contributed by atoms with van der Waals surface area (Å²) in [7, 11) is 0. The molecule has 8 heteroatoms. The van der Waals surface area contributed by atoms with E-state index in [4.69, 9.17) is 9.52 Å². The zero-order valence-corrected chi connectivity index (χ0v) is 15.0. The maximum atomic E-state index is 5.60. The van der Waals surface area contributed by atoms with Crippen LogP contribution < -0.4 is 4.90 Å². The minimum Gasteiger partial charge on any atom is -0.445 e. The molecule has 5 rings (SSSR count). The van der Waals surface area contributed by atoms with Gasteiger partial charge in [0.05, 0.1) is 12.7 Å². The van der Waals surface area contributed by atoms with E-state index in [0.29, 0.717) is 5.92 Å². The average Bonchev–Trinajstić information content (AvgIpc) is 3.20. The molecule has 2 fully saturated rings. The highest BCUT2D eigenvalue weighted by Gasteiger charge is 2.26. The first-order chi connectivity index (χ1) is 12.8. The van der Waals surface area contributed by atoms with Gasteiger partial charge in [-0.3, -0.25) is 4.90 Å². The molecular formula is C18H23N7O. The van der Waals surface area contributed by atoms with Crippen LogP contribution in [-0.4, -0.2) is 55.9 Å². The van der Waals surface area contributed by atoms with Crippen molar-refractivity contribution < 1.29 is 4.42 Å². The molecule has 2 aliphatic rings. The van der Waals surface area contributed by atoms with Gasteiger partial charge in [-0.25, -0.2) is 4.98 Å². The largest absolute Gasteiger partial charge is 0.445 e. The minimum atomic E-state index is 0.395. The molecule has 0 aliphatic carbocycles. The summed E-state index contributed by atoms with van der Waals surface area (Å²) in [5, 5.41) is 13.6. The molecule has 3 aromatic heterocycles. The van der Waals surface area contributed by atoms with Crippen molar-refractivity contribution in [3.63, 3.8) is 0 Å². The molecule has 0 N–H and O–H groups in total. The summed E-state index contributed by atoms with van der Waals surface area (Å²) in [4.78, 5) is 9.00. The van der Waals surface area contributed by atoms with Crippen molar-refractivity contribution in [2.45, 2.75) is 38.6 Å². The molecular weight excluding hydrogens is 330 g/mol. The Labute approximate surface area is 151 Å². The van der Waals surface area contributed by atoms with E-state index in [0.717, 1.165) is 74.5 Å². The summed E-state index contributed by atoms with van der Waals surface area (Å²) >= 11 is 0. The van der Waals surface area contributed by atoms with Gasteiger partial charge in [0.2, 0.25) is 5.89 Å². The van der Waals surface area contributed by atoms with Crippen LogP contribution in [0.25, 0.3) is 5.65 Å². The van der Waals surface area contributed by atoms with Crippen LogP contribution in [0.2, 0.25) is 0 Å². The van der Waals surface area contributed by atoms with Crippen molar-refractivity contribution in [3.8, 4) is 0 Å². The van der Waals surface area contributed by atoms with E-state index in [1.807, 2.05) is 23.6 Å². The van der Waals surface area contributed by atoms with E-state index >= 15 is 0 Å². The van der Waals surface area contributed by atoms with E-state index in [1.54, 1.807) is 6.20 Å². The SMILES string of the molecule is Cc1cnc(CN2CCC(c3nnc4ccc(N5CCC5)nn34)CC2)o1. The number of hydrogen-bond acceptors (Lipinski definition) is 7. The van der Waals surface area contributed by atoms with Crippen LogP contribution in [0.3, 0.4) is 0 Å². The molecule has 0 radical (unpaired) electrons. The minimum absolute atomic E-state index is 0.395. The monoisotopic (exact) mass is 353 g/mol. The zero-order chi connectivity index (χ0) is 17.5. The van der Waals surface area contributed by atoms with Gasteiger partial charge >= 0.3 is 0 Å². The molecule has 0 amide bonds. The molecule has 3 aromatic rings. The van der Waals surface area contributed by atoms with E-state index in [9.17, 15) is 0 Å². The normalized spacial score (nSPS) is 19.2. The number of likely N-dealkylation sites (tertiary alicyclic amines) is 1. The van der Waals surface area contributed by atoms with Crippen molar-refractivity contribution >= 4 is 11.5 Å². The van der Waals surface area contributed by atoms with Crippen molar-refractivity contribution in [1.82, 2.24) is 29.7 Å². The standard InChI is InChI=1S/C18H23N7O/c1-13-11-19-17(26-13)12-23-9-5-14(6-10-23)18-21-20-15-3-4-16(22-25(15)18)24-7-2-8-24/h3-4,11,14H,2,5-10,12H2,1H3. The van der Waals surface area contributed by atoms with Crippen molar-refractivity contribution in [2.75, 3.05) is 31.1 Å². The van der Waals surface area contributed by atoms with E-state index in [1.165, 1.54) is 6.42 Å². The van der Waals surface area contributed by atoms with Gasteiger partial charge in [-0.2, -0.15) is 4.52 Å². The summed E-state index contributed by atoms with van der Waals surface area (Å²) < 4.78 is 7.55. The molecule has 0 atom stereocenters. The van der Waals surface area contributed by atoms with Gasteiger partial charge < -0.3 is 9.32 Å². The molecule has 0 unspecified atom stereocenters. The van der Waals surface area contributed by atoms with Crippen molar-refractivity contribution in [2.24, 2.45) is 0 Å². The molecule has 0 aromatic carbocycles. The molecule has 2 saturated heterocycles. The van der Waals surface area contributed by atoms with Gasteiger partial charge in [0.1, 0.15) is 11.6 Å². The quantitative estimate of drug-likeness (QED) is 0.710. The first kappa shape index (κ1) is 15.7. The zero-order valence-electron chi connectivity index (χ0n) is 15.0. The van der Waals surface area contributed by atoms with Crippen LogP contribution >= 0.6 is 0 Å². The van der Waals surface area contributed by atoms with Crippen molar-refractivity contribution in [3.05, 3.63) is 35.8 Å². The van der Waals surface area contributed by atoms with Crippen LogP contribution in [0.15, 0.2) is 22.7 Å². The third kappa shape index (κ3) is 2.84. The number of aryl methyl sites for hydroxylation is 1. The van der Waals surface area contributed by atoms with Crippen LogP contribution in [0.4, 0.5) is 5.82 Å². The van der Waals surface area contributed by atoms with E-state index in [2.05, 4.69) is 25.0 Å². The molecule has 136 valence electrons. The predicted molar refractivity (Wildman–Crippen MR) is 96.1 cm³/mol. The molecule has 8 nitrogen and oxygen atoms in total. The molecule has 26 heavy (non-hydrogen) atoms. The Balaban J connectivity index is 1.30. The Morgan fingerprint density at radius 3 is 2.65 bits per heavy atom. The maximum absolute atomic E-state index is 5.60. The predicted octanol–water partition coefficient (Wildman–Crippen LogP) is 2.01. The second kappa shape index (κ2) is 6.35. The number of rotatable bonds is 4. The van der Waals surface area contributed by atoms with E-state index in [-0.39, 0.29) is 0 Å². The number of oxazole rings is 1. The van der Waals surface area contributed by atoms with Crippen molar-refractivity contribution in [1.29, 1.82) is 0 Å². The maximum Gasteiger partial charge on any atom is 0.208 e. The summed E-state index contributed by atoms with van der Waals surface area (Å²) in [6.07, 6.45) is 5.13. The van der Waals surface area contributed by atoms with Crippen LogP contribution in [0, 0.1) is 6.92 Å². The van der Waals surface area contributed by atoms with Gasteiger partial charge in [-0.05, 0) is 51.4 Å². The fourth-order valence-corrected chi connectivity index (χ4v) is 3.78. The Morgan fingerprint density at radius 1 is 1.12 bits per heavy atom. The average molecular weight is 353 g/mol. The van der Waals surface area contributed by atoms with Crippen LogP contribution in [0.1, 0.15) is 42.7 Å². The number of nitrogens with zero attached hydrogens (tertiary/aromatic N) is 7. The second-order valence-corrected chi connectivity index (χ2v) is 7.28. The summed E-state index contributed by atoms with van der Waals surface area (Å²) in [5.41, 5.74) is 0.835. The molecule has 2 aliphatic heterocycles. The summed E-state index contributed by atoms with van der Waals surface area (Å²) in [5.74, 6) is 4.09. The number of aromatic nitrogens is 5. The van der Waals surface area contributed by atoms with Crippen LogP contribution in [-0.2, 0) is 6.54 Å². The fourth-order valence-electron chi connectivity index (χ4n) is 3.78. The van der Waals surface area contributed by atoms with Gasteiger partial charge in [0, 0.05) is 19.0 Å². The number of hydrogen-bond donors (Lipinski definition) is 0. The van der Waals surface area contributed by atoms with E-state index < -0.39 is 0 Å². The fraction of sp³-hybridized carbons (Fsp3) is 0.556. The second-order valence-electron chi connectivity index (χ2n) is 7.28. The molecule has 0 saturated carbocycles. The lowest BCUT2D eigenvalue weighted by atomic mass is 9.96. The summed E-state index contributed by atoms with van der Waals surface area (Å²) in [6.45, 7) is 6.90. The van der Waals surface area contributed by atoms with Gasteiger partial charge in [-0.1, -0.05) is 0 Å². The van der Waals surface area contributed by atoms with Gasteiger partial charge in [0.25, 0.3) is 0 Å². The number of piperidine rings is 1. The Bertz CT molecular complexity index is 905. The van der Waals surface area contributed by atoms with Gasteiger partial charge in [0.15, 0.2) is 11.5 Å². The lowest BCUT2D eigenvalue weighted by molar-refractivity contribution is 0.183. The van der Waals surface area contributed by atoms with Crippen LogP contribution in [0.5, 0.6) is 0 Å². The number of fused-ring (bicyclic) bond motifs is 1. The smallest absolute Gasteiger partial charge is 0.208 e. The third-order valence-electron chi connectivity index (χ3n) is 5.43.